The average molecular weight is 236 g/mol. The Labute approximate surface area is 104 Å². The van der Waals surface area contributed by atoms with E-state index in [-0.39, 0.29) is 12.1 Å². The molecular weight excluding hydrogens is 212 g/mol. The summed E-state index contributed by atoms with van der Waals surface area (Å²) in [7, 11) is 0. The highest BCUT2D eigenvalue weighted by Gasteiger charge is 2.15. The van der Waals surface area contributed by atoms with E-state index < -0.39 is 0 Å². The highest BCUT2D eigenvalue weighted by Crippen LogP contribution is 2.25. The molecule has 1 aromatic rings. The molecule has 3 heteroatoms. The third kappa shape index (κ3) is 4.35. The number of nitrogens with zero attached hydrogens (tertiary/aromatic N) is 1. The van der Waals surface area contributed by atoms with E-state index in [0.29, 0.717) is 5.92 Å². The number of ether oxygens (including phenoxy) is 1. The first-order valence-corrected chi connectivity index (χ1v) is 6.41. The van der Waals surface area contributed by atoms with Crippen LogP contribution in [0, 0.1) is 5.92 Å². The van der Waals surface area contributed by atoms with Gasteiger partial charge in [-0.2, -0.15) is 0 Å². The first-order chi connectivity index (χ1) is 8.04. The molecule has 0 amide bonds. The predicted octanol–water partition coefficient (Wildman–Crippen LogP) is 3.30. The van der Waals surface area contributed by atoms with Crippen LogP contribution in [0.25, 0.3) is 0 Å². The number of pyridine rings is 1. The van der Waals surface area contributed by atoms with Gasteiger partial charge >= 0.3 is 0 Å². The van der Waals surface area contributed by atoms with Crippen LogP contribution in [0.3, 0.4) is 0 Å². The molecule has 0 fully saturated rings. The summed E-state index contributed by atoms with van der Waals surface area (Å²) in [5.74, 6) is 1.27. The van der Waals surface area contributed by atoms with E-state index in [2.05, 4.69) is 18.8 Å². The second-order valence-corrected chi connectivity index (χ2v) is 4.91. The Morgan fingerprint density at radius 3 is 2.59 bits per heavy atom. The Bertz CT molecular complexity index is 339. The van der Waals surface area contributed by atoms with Crippen molar-refractivity contribution in [3.05, 3.63) is 24.0 Å². The van der Waals surface area contributed by atoms with Gasteiger partial charge in [0.05, 0.1) is 12.3 Å². The zero-order valence-electron chi connectivity index (χ0n) is 11.3. The molecule has 0 radical (unpaired) electrons. The topological polar surface area (TPSA) is 48.1 Å². The van der Waals surface area contributed by atoms with E-state index in [4.69, 9.17) is 10.5 Å². The Morgan fingerprint density at radius 2 is 2.00 bits per heavy atom. The molecule has 0 aliphatic heterocycles. The molecule has 0 saturated carbocycles. The van der Waals surface area contributed by atoms with E-state index in [1.165, 1.54) is 0 Å². The van der Waals surface area contributed by atoms with Gasteiger partial charge in [0.2, 0.25) is 0 Å². The van der Waals surface area contributed by atoms with E-state index in [9.17, 15) is 0 Å². The minimum absolute atomic E-state index is 0.0400. The lowest BCUT2D eigenvalue weighted by molar-refractivity contribution is 0.241. The summed E-state index contributed by atoms with van der Waals surface area (Å²) >= 11 is 0. The van der Waals surface area contributed by atoms with Gasteiger partial charge < -0.3 is 10.5 Å². The third-order valence-corrected chi connectivity index (χ3v) is 2.85. The number of nitrogens with two attached hydrogens (primary N) is 1. The van der Waals surface area contributed by atoms with Crippen molar-refractivity contribution in [2.45, 2.75) is 52.7 Å². The second-order valence-electron chi connectivity index (χ2n) is 4.91. The molecule has 1 aromatic heterocycles. The average Bonchev–Trinajstić information content (AvgIpc) is 2.28. The van der Waals surface area contributed by atoms with Crippen molar-refractivity contribution in [1.29, 1.82) is 0 Å². The molecule has 0 aromatic carbocycles. The fourth-order valence-electron chi connectivity index (χ4n) is 1.92. The Kier molecular flexibility index (Phi) is 5.42. The van der Waals surface area contributed by atoms with Crippen molar-refractivity contribution in [2.24, 2.45) is 11.7 Å². The molecule has 96 valence electrons. The normalized spacial score (nSPS) is 14.7. The third-order valence-electron chi connectivity index (χ3n) is 2.85. The molecule has 0 spiro atoms. The molecule has 0 saturated heterocycles. The van der Waals surface area contributed by atoms with Crippen molar-refractivity contribution in [2.75, 3.05) is 0 Å². The molecular formula is C14H24N2O. The highest BCUT2D eigenvalue weighted by atomic mass is 16.5. The smallest absolute Gasteiger partial charge is 0.138 e. The first kappa shape index (κ1) is 14.0. The summed E-state index contributed by atoms with van der Waals surface area (Å²) in [6, 6.07) is 2.04. The maximum absolute atomic E-state index is 6.23. The van der Waals surface area contributed by atoms with E-state index in [1.807, 2.05) is 26.1 Å². The van der Waals surface area contributed by atoms with Crippen LogP contribution in [0.5, 0.6) is 5.75 Å². The summed E-state index contributed by atoms with van der Waals surface area (Å²) in [5.41, 5.74) is 7.29. The Hall–Kier alpha value is -1.09. The molecule has 0 bridgehead atoms. The van der Waals surface area contributed by atoms with Crippen LogP contribution < -0.4 is 10.5 Å². The number of hydrogen-bond acceptors (Lipinski definition) is 3. The highest BCUT2D eigenvalue weighted by molar-refractivity contribution is 5.26. The quantitative estimate of drug-likeness (QED) is 0.824. The van der Waals surface area contributed by atoms with Crippen LogP contribution in [0.1, 0.15) is 52.1 Å². The van der Waals surface area contributed by atoms with Gasteiger partial charge in [-0.3, -0.25) is 4.98 Å². The lowest BCUT2D eigenvalue weighted by Gasteiger charge is -2.20. The zero-order chi connectivity index (χ0) is 12.8. The maximum atomic E-state index is 6.23. The fourth-order valence-corrected chi connectivity index (χ4v) is 1.92. The molecule has 1 heterocycles. The summed E-state index contributed by atoms with van der Waals surface area (Å²) < 4.78 is 5.63. The summed E-state index contributed by atoms with van der Waals surface area (Å²) in [5, 5.41) is 0. The monoisotopic (exact) mass is 236 g/mol. The summed E-state index contributed by atoms with van der Waals surface area (Å²) in [4.78, 5) is 4.20. The molecule has 2 N–H and O–H groups in total. The van der Waals surface area contributed by atoms with Crippen LogP contribution in [0.4, 0.5) is 0 Å². The van der Waals surface area contributed by atoms with Crippen LogP contribution >= 0.6 is 0 Å². The van der Waals surface area contributed by atoms with Gasteiger partial charge in [0.1, 0.15) is 5.75 Å². The maximum Gasteiger partial charge on any atom is 0.138 e. The second kappa shape index (κ2) is 6.60. The molecule has 1 rings (SSSR count). The van der Waals surface area contributed by atoms with Crippen molar-refractivity contribution in [3.8, 4) is 5.75 Å². The molecule has 0 aliphatic carbocycles. The number of hydrogen-bond donors (Lipinski definition) is 1. The minimum Gasteiger partial charge on any atom is -0.489 e. The lowest BCUT2D eigenvalue weighted by Crippen LogP contribution is -2.19. The van der Waals surface area contributed by atoms with E-state index in [1.54, 1.807) is 6.20 Å². The van der Waals surface area contributed by atoms with Gasteiger partial charge in [-0.25, -0.2) is 0 Å². The SMILES string of the molecule is CCCC(C)C(N)c1cncc(OC(C)C)c1. The van der Waals surface area contributed by atoms with Gasteiger partial charge in [0, 0.05) is 12.2 Å². The molecule has 2 unspecified atom stereocenters. The minimum atomic E-state index is 0.0400. The van der Waals surface area contributed by atoms with Crippen molar-refractivity contribution in [3.63, 3.8) is 0 Å². The molecule has 17 heavy (non-hydrogen) atoms. The van der Waals surface area contributed by atoms with Crippen molar-refractivity contribution in [1.82, 2.24) is 4.98 Å². The van der Waals surface area contributed by atoms with Gasteiger partial charge in [-0.15, -0.1) is 0 Å². The lowest BCUT2D eigenvalue weighted by atomic mass is 9.93. The van der Waals surface area contributed by atoms with Crippen LogP contribution in [0.15, 0.2) is 18.5 Å². The predicted molar refractivity (Wildman–Crippen MR) is 71.0 cm³/mol. The largest absolute Gasteiger partial charge is 0.489 e. The standard InChI is InChI=1S/C14H24N2O/c1-5-6-11(4)14(15)12-7-13(9-16-8-12)17-10(2)3/h7-11,14H,5-6,15H2,1-4H3. The van der Waals surface area contributed by atoms with E-state index >= 15 is 0 Å². The van der Waals surface area contributed by atoms with Crippen LogP contribution in [-0.2, 0) is 0 Å². The first-order valence-electron chi connectivity index (χ1n) is 6.41. The van der Waals surface area contributed by atoms with Crippen molar-refractivity contribution >= 4 is 0 Å². The molecule has 3 nitrogen and oxygen atoms in total. The Morgan fingerprint density at radius 1 is 1.29 bits per heavy atom. The van der Waals surface area contributed by atoms with Crippen LogP contribution in [-0.4, -0.2) is 11.1 Å². The molecule has 2 atom stereocenters. The van der Waals surface area contributed by atoms with Gasteiger partial charge in [0.25, 0.3) is 0 Å². The Balaban J connectivity index is 2.76. The zero-order valence-corrected chi connectivity index (χ0v) is 11.3. The van der Waals surface area contributed by atoms with Gasteiger partial charge in [-0.1, -0.05) is 20.3 Å². The summed E-state index contributed by atoms with van der Waals surface area (Å²) in [6.07, 6.45) is 6.03. The van der Waals surface area contributed by atoms with E-state index in [0.717, 1.165) is 24.2 Å². The van der Waals surface area contributed by atoms with Gasteiger partial charge in [0.15, 0.2) is 0 Å². The molecule has 0 aliphatic rings. The fraction of sp³-hybridized carbons (Fsp3) is 0.643. The summed E-state index contributed by atoms with van der Waals surface area (Å²) in [6.45, 7) is 8.38. The van der Waals surface area contributed by atoms with Crippen molar-refractivity contribution < 1.29 is 4.74 Å². The van der Waals surface area contributed by atoms with Crippen LogP contribution in [0.2, 0.25) is 0 Å². The van der Waals surface area contributed by atoms with Gasteiger partial charge in [-0.05, 0) is 37.8 Å². The number of aromatic nitrogens is 1. The number of rotatable bonds is 6.